The van der Waals surface area contributed by atoms with Gasteiger partial charge in [0.2, 0.25) is 0 Å². The van der Waals surface area contributed by atoms with Gasteiger partial charge >= 0.3 is 0 Å². The summed E-state index contributed by atoms with van der Waals surface area (Å²) in [6.07, 6.45) is 2.59. The van der Waals surface area contributed by atoms with Crippen LogP contribution in [0.25, 0.3) is 0 Å². The summed E-state index contributed by atoms with van der Waals surface area (Å²) in [6, 6.07) is 0. The maximum Gasteiger partial charge on any atom is 0.130 e. The highest BCUT2D eigenvalue weighted by Crippen LogP contribution is 2.15. The van der Waals surface area contributed by atoms with Gasteiger partial charge in [-0.2, -0.15) is 0 Å². The van der Waals surface area contributed by atoms with Gasteiger partial charge in [0.1, 0.15) is 5.82 Å². The third-order valence-electron chi connectivity index (χ3n) is 2.69. The molecule has 0 fully saturated rings. The van der Waals surface area contributed by atoms with Crippen LogP contribution in [0, 0.1) is 6.92 Å². The molecular weight excluding hydrogens is 190 g/mol. The number of hydrogen-bond donors (Lipinski definition) is 1. The number of nitrogens with two attached hydrogens (primary N) is 1. The van der Waals surface area contributed by atoms with Crippen LogP contribution in [-0.2, 0) is 24.0 Å². The summed E-state index contributed by atoms with van der Waals surface area (Å²) in [4.78, 5) is 9.02. The fourth-order valence-corrected chi connectivity index (χ4v) is 1.94. The van der Waals surface area contributed by atoms with Crippen LogP contribution in [0.15, 0.2) is 0 Å². The Kier molecular flexibility index (Phi) is 3.28. The van der Waals surface area contributed by atoms with Crippen molar-refractivity contribution in [1.29, 1.82) is 0 Å². The topological polar surface area (TPSA) is 61.0 Å². The number of ether oxygens (including phenoxy) is 1. The summed E-state index contributed by atoms with van der Waals surface area (Å²) in [5.74, 6) is 0.871. The van der Waals surface area contributed by atoms with Crippen LogP contribution in [0.4, 0.5) is 0 Å². The number of aromatic nitrogens is 2. The maximum absolute atomic E-state index is 5.51. The monoisotopic (exact) mass is 207 g/mol. The normalized spacial score (nSPS) is 15.9. The minimum atomic E-state index is 0.606. The highest BCUT2D eigenvalue weighted by Gasteiger charge is 2.13. The predicted molar refractivity (Wildman–Crippen MR) is 57.8 cm³/mol. The first-order chi connectivity index (χ1) is 7.31. The van der Waals surface area contributed by atoms with Crippen LogP contribution in [-0.4, -0.2) is 29.7 Å². The van der Waals surface area contributed by atoms with Gasteiger partial charge in [-0.25, -0.2) is 9.97 Å². The summed E-state index contributed by atoms with van der Waals surface area (Å²) in [5.41, 5.74) is 9.03. The van der Waals surface area contributed by atoms with E-state index in [-0.39, 0.29) is 0 Å². The van der Waals surface area contributed by atoms with Crippen molar-refractivity contribution < 1.29 is 4.74 Å². The molecule has 0 bridgehead atoms. The molecule has 82 valence electrons. The SMILES string of the molecule is Cc1nc(CCN)nc2c1CCOCC2. The Morgan fingerprint density at radius 2 is 2.07 bits per heavy atom. The third-order valence-corrected chi connectivity index (χ3v) is 2.69. The van der Waals surface area contributed by atoms with Crippen molar-refractivity contribution in [3.05, 3.63) is 22.8 Å². The number of rotatable bonds is 2. The lowest BCUT2D eigenvalue weighted by molar-refractivity contribution is 0.146. The second-order valence-corrected chi connectivity index (χ2v) is 3.80. The molecule has 2 N–H and O–H groups in total. The van der Waals surface area contributed by atoms with Crippen molar-refractivity contribution in [2.75, 3.05) is 19.8 Å². The molecule has 1 aliphatic heterocycles. The molecule has 0 saturated carbocycles. The first kappa shape index (κ1) is 10.5. The molecule has 0 aromatic carbocycles. The van der Waals surface area contributed by atoms with Crippen LogP contribution < -0.4 is 5.73 Å². The zero-order chi connectivity index (χ0) is 10.7. The number of nitrogens with zero attached hydrogens (tertiary/aromatic N) is 2. The smallest absolute Gasteiger partial charge is 0.130 e. The molecule has 0 aliphatic carbocycles. The van der Waals surface area contributed by atoms with E-state index >= 15 is 0 Å². The fraction of sp³-hybridized carbons (Fsp3) is 0.636. The highest BCUT2D eigenvalue weighted by atomic mass is 16.5. The van der Waals surface area contributed by atoms with Gasteiger partial charge in [-0.1, -0.05) is 0 Å². The average molecular weight is 207 g/mol. The molecule has 2 rings (SSSR count). The Labute approximate surface area is 89.9 Å². The van der Waals surface area contributed by atoms with E-state index in [1.54, 1.807) is 0 Å². The number of fused-ring (bicyclic) bond motifs is 1. The van der Waals surface area contributed by atoms with Gasteiger partial charge in [0.05, 0.1) is 13.2 Å². The van der Waals surface area contributed by atoms with Crippen LogP contribution in [0.2, 0.25) is 0 Å². The molecule has 1 aromatic heterocycles. The molecule has 0 saturated heterocycles. The lowest BCUT2D eigenvalue weighted by atomic mass is 10.1. The molecule has 0 radical (unpaired) electrons. The fourth-order valence-electron chi connectivity index (χ4n) is 1.94. The predicted octanol–water partition coefficient (Wildman–Crippen LogP) is 0.401. The Hall–Kier alpha value is -1.00. The Bertz CT molecular complexity index is 352. The quantitative estimate of drug-likeness (QED) is 0.762. The van der Waals surface area contributed by atoms with E-state index in [1.807, 2.05) is 6.92 Å². The molecule has 15 heavy (non-hydrogen) atoms. The molecule has 0 spiro atoms. The maximum atomic E-state index is 5.51. The van der Waals surface area contributed by atoms with Gasteiger partial charge in [-0.05, 0) is 25.5 Å². The van der Waals surface area contributed by atoms with Gasteiger partial charge in [0, 0.05) is 24.2 Å². The summed E-state index contributed by atoms with van der Waals surface area (Å²) >= 11 is 0. The Morgan fingerprint density at radius 1 is 1.27 bits per heavy atom. The first-order valence-corrected chi connectivity index (χ1v) is 5.44. The largest absolute Gasteiger partial charge is 0.381 e. The minimum absolute atomic E-state index is 0.606. The van der Waals surface area contributed by atoms with Crippen molar-refractivity contribution in [3.8, 4) is 0 Å². The van der Waals surface area contributed by atoms with Gasteiger partial charge in [-0.15, -0.1) is 0 Å². The summed E-state index contributed by atoms with van der Waals surface area (Å²) in [6.45, 7) is 4.21. The van der Waals surface area contributed by atoms with Crippen molar-refractivity contribution >= 4 is 0 Å². The van der Waals surface area contributed by atoms with E-state index < -0.39 is 0 Å². The summed E-state index contributed by atoms with van der Waals surface area (Å²) in [7, 11) is 0. The summed E-state index contributed by atoms with van der Waals surface area (Å²) in [5, 5.41) is 0. The van der Waals surface area contributed by atoms with E-state index in [9.17, 15) is 0 Å². The molecule has 1 aliphatic rings. The van der Waals surface area contributed by atoms with Crippen molar-refractivity contribution in [3.63, 3.8) is 0 Å². The van der Waals surface area contributed by atoms with Crippen LogP contribution in [0.5, 0.6) is 0 Å². The van der Waals surface area contributed by atoms with Gasteiger partial charge in [-0.3, -0.25) is 0 Å². The molecule has 4 nitrogen and oxygen atoms in total. The summed E-state index contributed by atoms with van der Waals surface area (Å²) < 4.78 is 5.44. The lowest BCUT2D eigenvalue weighted by Crippen LogP contribution is -2.11. The van der Waals surface area contributed by atoms with Crippen LogP contribution in [0.3, 0.4) is 0 Å². The third kappa shape index (κ3) is 2.33. The van der Waals surface area contributed by atoms with Gasteiger partial charge in [0.25, 0.3) is 0 Å². The van der Waals surface area contributed by atoms with Gasteiger partial charge < -0.3 is 10.5 Å². The molecule has 0 unspecified atom stereocenters. The van der Waals surface area contributed by atoms with Crippen molar-refractivity contribution in [1.82, 2.24) is 9.97 Å². The molecule has 2 heterocycles. The van der Waals surface area contributed by atoms with Crippen molar-refractivity contribution in [2.24, 2.45) is 5.73 Å². The van der Waals surface area contributed by atoms with Crippen molar-refractivity contribution in [2.45, 2.75) is 26.2 Å². The molecule has 0 amide bonds. The van der Waals surface area contributed by atoms with E-state index in [1.165, 1.54) is 5.56 Å². The lowest BCUT2D eigenvalue weighted by Gasteiger charge is -2.09. The van der Waals surface area contributed by atoms with E-state index in [2.05, 4.69) is 9.97 Å². The molecule has 0 atom stereocenters. The Balaban J connectivity index is 2.35. The highest BCUT2D eigenvalue weighted by molar-refractivity contribution is 5.26. The average Bonchev–Trinajstić information content (AvgIpc) is 2.43. The van der Waals surface area contributed by atoms with Crippen LogP contribution >= 0.6 is 0 Å². The van der Waals surface area contributed by atoms with E-state index in [0.29, 0.717) is 6.54 Å². The Morgan fingerprint density at radius 3 is 2.87 bits per heavy atom. The zero-order valence-corrected chi connectivity index (χ0v) is 9.12. The second-order valence-electron chi connectivity index (χ2n) is 3.80. The van der Waals surface area contributed by atoms with Crippen LogP contribution in [0.1, 0.15) is 22.8 Å². The first-order valence-electron chi connectivity index (χ1n) is 5.44. The molecule has 1 aromatic rings. The molecular formula is C11H17N3O. The number of hydrogen-bond acceptors (Lipinski definition) is 4. The zero-order valence-electron chi connectivity index (χ0n) is 9.12. The minimum Gasteiger partial charge on any atom is -0.381 e. The second kappa shape index (κ2) is 4.68. The van der Waals surface area contributed by atoms with E-state index in [4.69, 9.17) is 10.5 Å². The number of aryl methyl sites for hydroxylation is 1. The van der Waals surface area contributed by atoms with E-state index in [0.717, 1.165) is 49.7 Å². The standard InChI is InChI=1S/C11H17N3O/c1-8-9-3-6-15-7-4-10(9)14-11(13-8)2-5-12/h2-7,12H2,1H3. The van der Waals surface area contributed by atoms with Gasteiger partial charge in [0.15, 0.2) is 0 Å². The molecule has 4 heteroatoms.